The Morgan fingerprint density at radius 3 is 2.60 bits per heavy atom. The van der Waals surface area contributed by atoms with Crippen LogP contribution in [-0.2, 0) is 9.47 Å². The Hall–Kier alpha value is -1.11. The van der Waals surface area contributed by atoms with E-state index in [9.17, 15) is 4.79 Å². The van der Waals surface area contributed by atoms with Crippen molar-refractivity contribution >= 4 is 27.6 Å². The molecule has 0 spiro atoms. The molecule has 0 heterocycles. The van der Waals surface area contributed by atoms with Crippen molar-refractivity contribution in [1.29, 1.82) is 0 Å². The van der Waals surface area contributed by atoms with E-state index >= 15 is 0 Å². The van der Waals surface area contributed by atoms with Gasteiger partial charge in [0, 0.05) is 31.3 Å². The molecule has 20 heavy (non-hydrogen) atoms. The van der Waals surface area contributed by atoms with Crippen LogP contribution >= 0.6 is 15.9 Å². The molecule has 1 atom stereocenters. The van der Waals surface area contributed by atoms with Gasteiger partial charge in [0.15, 0.2) is 0 Å². The van der Waals surface area contributed by atoms with E-state index in [-0.39, 0.29) is 11.6 Å². The van der Waals surface area contributed by atoms with Crippen LogP contribution in [0.3, 0.4) is 0 Å². The predicted octanol–water partition coefficient (Wildman–Crippen LogP) is 2.64. The molecule has 1 aromatic rings. The first-order chi connectivity index (χ1) is 9.51. The number of benzene rings is 1. The molecule has 0 aliphatic carbocycles. The molecule has 0 fully saturated rings. The van der Waals surface area contributed by atoms with E-state index in [4.69, 9.17) is 14.6 Å². The van der Waals surface area contributed by atoms with Gasteiger partial charge in [-0.1, -0.05) is 0 Å². The number of hydrogen-bond donors (Lipinski definition) is 1. The Labute approximate surface area is 127 Å². The Morgan fingerprint density at radius 2 is 2.10 bits per heavy atom. The lowest BCUT2D eigenvalue weighted by molar-refractivity contribution is 0.0697. The van der Waals surface area contributed by atoms with Crippen LogP contribution in [0.15, 0.2) is 22.7 Å². The van der Waals surface area contributed by atoms with Gasteiger partial charge >= 0.3 is 5.97 Å². The molecular weight excluding hydrogens is 326 g/mol. The van der Waals surface area contributed by atoms with Crippen LogP contribution in [0.4, 0.5) is 5.69 Å². The minimum atomic E-state index is -0.939. The number of carbonyl (C=O) groups is 1. The third-order valence-corrected chi connectivity index (χ3v) is 3.62. The van der Waals surface area contributed by atoms with E-state index in [0.717, 1.165) is 10.2 Å². The average Bonchev–Trinajstić information content (AvgIpc) is 2.40. The minimum Gasteiger partial charge on any atom is -0.478 e. The molecule has 0 radical (unpaired) electrons. The number of aromatic carboxylic acids is 1. The summed E-state index contributed by atoms with van der Waals surface area (Å²) in [6, 6.07) is 5.16. The zero-order valence-corrected chi connectivity index (χ0v) is 13.5. The molecular formula is C14H20BrNO4. The number of carboxylic acid groups (broad SMARTS) is 1. The Kier molecular flexibility index (Phi) is 6.98. The normalized spacial score (nSPS) is 12.2. The van der Waals surface area contributed by atoms with E-state index in [2.05, 4.69) is 27.8 Å². The number of hydrogen-bond acceptors (Lipinski definition) is 4. The van der Waals surface area contributed by atoms with Crippen molar-refractivity contribution in [2.45, 2.75) is 13.0 Å². The second kappa shape index (κ2) is 8.24. The number of nitrogens with zero attached hydrogens (tertiary/aromatic N) is 1. The molecule has 0 bridgehead atoms. The summed E-state index contributed by atoms with van der Waals surface area (Å²) in [6.07, 6.45) is 0. The zero-order valence-electron chi connectivity index (χ0n) is 11.9. The van der Waals surface area contributed by atoms with E-state index < -0.39 is 5.97 Å². The molecule has 0 saturated carbocycles. The summed E-state index contributed by atoms with van der Waals surface area (Å²) >= 11 is 3.44. The number of halogens is 1. The van der Waals surface area contributed by atoms with Crippen LogP contribution in [0, 0.1) is 0 Å². The van der Waals surface area contributed by atoms with Gasteiger partial charge in [-0.25, -0.2) is 4.79 Å². The summed E-state index contributed by atoms with van der Waals surface area (Å²) in [5.41, 5.74) is 1.18. The monoisotopic (exact) mass is 345 g/mol. The Morgan fingerprint density at radius 1 is 1.40 bits per heavy atom. The van der Waals surface area contributed by atoms with Crippen molar-refractivity contribution < 1.29 is 19.4 Å². The van der Waals surface area contributed by atoms with Gasteiger partial charge in [0.05, 0.1) is 24.5 Å². The van der Waals surface area contributed by atoms with Crippen molar-refractivity contribution in [2.75, 3.05) is 38.9 Å². The topological polar surface area (TPSA) is 59.0 Å². The zero-order chi connectivity index (χ0) is 15.1. The van der Waals surface area contributed by atoms with E-state index in [1.54, 1.807) is 32.4 Å². The minimum absolute atomic E-state index is 0.155. The molecule has 1 unspecified atom stereocenters. The summed E-state index contributed by atoms with van der Waals surface area (Å²) in [7, 11) is 3.31. The van der Waals surface area contributed by atoms with Gasteiger partial charge < -0.3 is 19.5 Å². The number of rotatable bonds is 8. The number of anilines is 1. The van der Waals surface area contributed by atoms with Gasteiger partial charge in [-0.3, -0.25) is 0 Å². The van der Waals surface area contributed by atoms with E-state index in [1.807, 2.05) is 0 Å². The molecule has 5 nitrogen and oxygen atoms in total. The highest BCUT2D eigenvalue weighted by atomic mass is 79.9. The summed E-state index contributed by atoms with van der Waals surface area (Å²) in [5.74, 6) is -0.939. The smallest absolute Gasteiger partial charge is 0.335 e. The van der Waals surface area contributed by atoms with Crippen molar-refractivity contribution in [3.05, 3.63) is 28.2 Å². The first-order valence-electron chi connectivity index (χ1n) is 6.28. The molecule has 1 aromatic carbocycles. The molecule has 0 aliphatic heterocycles. The summed E-state index contributed by atoms with van der Waals surface area (Å²) < 4.78 is 11.1. The van der Waals surface area contributed by atoms with Crippen LogP contribution < -0.4 is 4.90 Å². The first-order valence-corrected chi connectivity index (χ1v) is 7.08. The summed E-state index contributed by atoms with van der Waals surface area (Å²) in [6.45, 7) is 3.92. The van der Waals surface area contributed by atoms with Gasteiger partial charge in [-0.15, -0.1) is 0 Å². The van der Waals surface area contributed by atoms with Crippen LogP contribution in [-0.4, -0.2) is 51.1 Å². The van der Waals surface area contributed by atoms with Gasteiger partial charge in [-0.2, -0.15) is 0 Å². The number of ether oxygens (including phenoxy) is 2. The van der Waals surface area contributed by atoms with Crippen molar-refractivity contribution in [3.63, 3.8) is 0 Å². The lowest BCUT2D eigenvalue weighted by Crippen LogP contribution is -2.38. The Bertz CT molecular complexity index is 453. The molecule has 0 aromatic heterocycles. The third kappa shape index (κ3) is 4.47. The van der Waals surface area contributed by atoms with Crippen molar-refractivity contribution in [3.8, 4) is 0 Å². The fourth-order valence-electron chi connectivity index (χ4n) is 1.97. The maximum absolute atomic E-state index is 11.0. The van der Waals surface area contributed by atoms with Crippen LogP contribution in [0.25, 0.3) is 0 Å². The van der Waals surface area contributed by atoms with Crippen molar-refractivity contribution in [2.24, 2.45) is 0 Å². The quantitative estimate of drug-likeness (QED) is 0.784. The van der Waals surface area contributed by atoms with E-state index in [1.165, 1.54) is 0 Å². The highest BCUT2D eigenvalue weighted by Gasteiger charge is 2.18. The summed E-state index contributed by atoms with van der Waals surface area (Å²) in [4.78, 5) is 13.1. The van der Waals surface area contributed by atoms with Crippen LogP contribution in [0.2, 0.25) is 0 Å². The molecule has 0 saturated heterocycles. The predicted molar refractivity (Wildman–Crippen MR) is 81.7 cm³/mol. The molecule has 6 heteroatoms. The lowest BCUT2D eigenvalue weighted by Gasteiger charge is -2.31. The van der Waals surface area contributed by atoms with E-state index in [0.29, 0.717) is 19.8 Å². The standard InChI is InChI=1S/C14H20BrNO4/c1-10(9-20-3)16(6-7-19-2)13-5-4-11(14(17)18)8-12(13)15/h4-5,8,10H,6-7,9H2,1-3H3,(H,17,18). The molecule has 1 rings (SSSR count). The van der Waals surface area contributed by atoms with Gasteiger partial charge in [0.1, 0.15) is 0 Å². The lowest BCUT2D eigenvalue weighted by atomic mass is 10.1. The highest BCUT2D eigenvalue weighted by Crippen LogP contribution is 2.29. The molecule has 0 aliphatic rings. The summed E-state index contributed by atoms with van der Waals surface area (Å²) in [5, 5.41) is 9.00. The number of methoxy groups -OCH3 is 2. The molecule has 0 amide bonds. The largest absolute Gasteiger partial charge is 0.478 e. The third-order valence-electron chi connectivity index (χ3n) is 2.98. The first kappa shape index (κ1) is 16.9. The van der Waals surface area contributed by atoms with Crippen molar-refractivity contribution in [1.82, 2.24) is 0 Å². The maximum Gasteiger partial charge on any atom is 0.335 e. The molecule has 112 valence electrons. The fourth-order valence-corrected chi connectivity index (χ4v) is 2.58. The fraction of sp³-hybridized carbons (Fsp3) is 0.500. The average molecular weight is 346 g/mol. The Balaban J connectivity index is 3.03. The second-order valence-corrected chi connectivity index (χ2v) is 5.32. The number of carboxylic acids is 1. The van der Waals surface area contributed by atoms with Gasteiger partial charge in [0.25, 0.3) is 0 Å². The highest BCUT2D eigenvalue weighted by molar-refractivity contribution is 9.10. The van der Waals surface area contributed by atoms with Gasteiger partial charge in [0.2, 0.25) is 0 Å². The SMILES string of the molecule is COCCN(c1ccc(C(=O)O)cc1Br)C(C)COC. The van der Waals surface area contributed by atoms with Crippen LogP contribution in [0.1, 0.15) is 17.3 Å². The van der Waals surface area contributed by atoms with Crippen LogP contribution in [0.5, 0.6) is 0 Å². The second-order valence-electron chi connectivity index (χ2n) is 4.46. The van der Waals surface area contributed by atoms with Gasteiger partial charge in [-0.05, 0) is 41.1 Å². The maximum atomic E-state index is 11.0. The molecule has 1 N–H and O–H groups in total.